The van der Waals surface area contributed by atoms with Gasteiger partial charge in [-0.2, -0.15) is 0 Å². The molecule has 0 radical (unpaired) electrons. The van der Waals surface area contributed by atoms with Gasteiger partial charge < -0.3 is 29.5 Å². The Bertz CT molecular complexity index is 1060. The first kappa shape index (κ1) is 17.7. The Balaban J connectivity index is 1.59. The van der Waals surface area contributed by atoms with Crippen LogP contribution in [0, 0.1) is 0 Å². The van der Waals surface area contributed by atoms with E-state index in [2.05, 4.69) is 31.8 Å². The Hall–Kier alpha value is -3.42. The zero-order valence-electron chi connectivity index (χ0n) is 16.2. The van der Waals surface area contributed by atoms with Crippen LogP contribution < -0.4 is 9.64 Å². The van der Waals surface area contributed by atoms with E-state index in [4.69, 9.17) is 4.74 Å². The van der Waals surface area contributed by atoms with Crippen molar-refractivity contribution < 1.29 is 9.53 Å². The van der Waals surface area contributed by atoms with Crippen molar-refractivity contribution in [1.82, 2.24) is 19.5 Å². The zero-order valence-corrected chi connectivity index (χ0v) is 16.2. The van der Waals surface area contributed by atoms with Crippen molar-refractivity contribution in [1.29, 1.82) is 0 Å². The molecule has 2 aromatic heterocycles. The predicted octanol–water partition coefficient (Wildman–Crippen LogP) is 3.31. The van der Waals surface area contributed by atoms with Crippen LogP contribution in [0.25, 0.3) is 5.32 Å². The average molecular weight is 389 g/mol. The summed E-state index contributed by atoms with van der Waals surface area (Å²) in [7, 11) is 0. The van der Waals surface area contributed by atoms with E-state index >= 15 is 0 Å². The minimum atomic E-state index is -0.00551. The molecule has 148 valence electrons. The molecule has 1 unspecified atom stereocenters. The maximum atomic E-state index is 12.8. The van der Waals surface area contributed by atoms with E-state index in [1.807, 2.05) is 41.7 Å². The summed E-state index contributed by atoms with van der Waals surface area (Å²) in [5.41, 5.74) is 2.63. The summed E-state index contributed by atoms with van der Waals surface area (Å²) in [5, 5.41) is 4.55. The topological polar surface area (TPSA) is 87.2 Å². The summed E-state index contributed by atoms with van der Waals surface area (Å²) in [4.78, 5) is 28.0. The number of anilines is 1. The van der Waals surface area contributed by atoms with Crippen LogP contribution in [0.1, 0.15) is 24.6 Å². The number of imidazole rings is 1. The quantitative estimate of drug-likeness (QED) is 0.637. The van der Waals surface area contributed by atoms with Crippen molar-refractivity contribution in [3.05, 3.63) is 59.6 Å². The minimum Gasteiger partial charge on any atom is -0.492 e. The fourth-order valence-electron chi connectivity index (χ4n) is 3.92. The number of hydrogen-bond acceptors (Lipinski definition) is 5. The van der Waals surface area contributed by atoms with Crippen LogP contribution in [0.5, 0.6) is 5.75 Å². The molecule has 1 amide bonds. The second kappa shape index (κ2) is 7.20. The minimum absolute atomic E-state index is 0.00551. The number of carbonyl (C=O) groups excluding carboxylic acids is 1. The van der Waals surface area contributed by atoms with Gasteiger partial charge in [0.25, 0.3) is 0 Å². The summed E-state index contributed by atoms with van der Waals surface area (Å²) >= 11 is 0. The maximum Gasteiger partial charge on any atom is 0.231 e. The Morgan fingerprint density at radius 1 is 1.31 bits per heavy atom. The highest BCUT2D eigenvalue weighted by atomic mass is 16.5. The lowest BCUT2D eigenvalue weighted by molar-refractivity contribution is -0.117. The van der Waals surface area contributed by atoms with Crippen molar-refractivity contribution in [3.8, 4) is 5.75 Å². The lowest BCUT2D eigenvalue weighted by atomic mass is 10.1. The number of aromatic nitrogens is 4. The van der Waals surface area contributed by atoms with Gasteiger partial charge in [-0.15, -0.1) is 0 Å². The van der Waals surface area contributed by atoms with Gasteiger partial charge in [-0.3, -0.25) is 4.79 Å². The molecule has 1 atom stereocenters. The highest BCUT2D eigenvalue weighted by molar-refractivity contribution is 6.00. The molecular formula is C21H21N6O2-. The number of carbonyl (C=O) groups is 1. The van der Waals surface area contributed by atoms with E-state index in [0.29, 0.717) is 43.4 Å². The fourth-order valence-corrected chi connectivity index (χ4v) is 3.92. The van der Waals surface area contributed by atoms with Gasteiger partial charge in [0.15, 0.2) is 0 Å². The van der Waals surface area contributed by atoms with Crippen molar-refractivity contribution in [2.75, 3.05) is 11.5 Å². The molecule has 2 aliphatic rings. The molecule has 1 aromatic carbocycles. The third-order valence-electron chi connectivity index (χ3n) is 5.39. The van der Waals surface area contributed by atoms with Crippen molar-refractivity contribution in [3.63, 3.8) is 0 Å². The number of fused-ring (bicyclic) bond motifs is 4. The molecule has 5 rings (SSSR count). The van der Waals surface area contributed by atoms with Gasteiger partial charge in [0.1, 0.15) is 12.4 Å². The number of ether oxygens (including phenoxy) is 1. The SMILES string of the molecule is CCC1Cc2cncn2CCOc2cccc(c2)[N-]c2ncc3c(n2)N1C(=O)C3. The number of hydrogen-bond donors (Lipinski definition) is 0. The van der Waals surface area contributed by atoms with E-state index in [9.17, 15) is 4.79 Å². The Morgan fingerprint density at radius 3 is 3.14 bits per heavy atom. The molecular weight excluding hydrogens is 368 g/mol. The van der Waals surface area contributed by atoms with Gasteiger partial charge in [0.2, 0.25) is 5.91 Å². The molecule has 4 heterocycles. The van der Waals surface area contributed by atoms with Crippen LogP contribution >= 0.6 is 0 Å². The molecule has 29 heavy (non-hydrogen) atoms. The van der Waals surface area contributed by atoms with Crippen molar-refractivity contribution >= 4 is 23.4 Å². The van der Waals surface area contributed by atoms with Gasteiger partial charge >= 0.3 is 0 Å². The maximum absolute atomic E-state index is 12.8. The normalized spacial score (nSPS) is 18.3. The summed E-state index contributed by atoms with van der Waals surface area (Å²) in [6.45, 7) is 3.28. The molecule has 0 aliphatic carbocycles. The average Bonchev–Trinajstić information content (AvgIpc) is 3.29. The largest absolute Gasteiger partial charge is 0.492 e. The molecule has 4 bridgehead atoms. The lowest BCUT2D eigenvalue weighted by Gasteiger charge is -2.29. The number of rotatable bonds is 1. The van der Waals surface area contributed by atoms with Gasteiger partial charge in [-0.05, 0) is 36.0 Å². The molecule has 8 heteroatoms. The Kier molecular flexibility index (Phi) is 4.38. The first-order chi connectivity index (χ1) is 14.2. The molecule has 0 saturated carbocycles. The van der Waals surface area contributed by atoms with Crippen LogP contribution in [0.3, 0.4) is 0 Å². The molecule has 0 fully saturated rings. The Morgan fingerprint density at radius 2 is 2.24 bits per heavy atom. The smallest absolute Gasteiger partial charge is 0.231 e. The van der Waals surface area contributed by atoms with Crippen molar-refractivity contribution in [2.24, 2.45) is 0 Å². The zero-order chi connectivity index (χ0) is 19.8. The second-order valence-electron chi connectivity index (χ2n) is 7.26. The summed E-state index contributed by atoms with van der Waals surface area (Å²) in [5.74, 6) is 1.81. The van der Waals surface area contributed by atoms with Gasteiger partial charge in [0.05, 0.1) is 25.1 Å². The van der Waals surface area contributed by atoms with Crippen LogP contribution in [0.4, 0.5) is 17.5 Å². The Labute approximate surface area is 168 Å². The molecule has 2 aliphatic heterocycles. The number of benzene rings is 1. The van der Waals surface area contributed by atoms with E-state index < -0.39 is 0 Å². The second-order valence-corrected chi connectivity index (χ2v) is 7.26. The first-order valence-corrected chi connectivity index (χ1v) is 9.83. The van der Waals surface area contributed by atoms with Crippen LogP contribution in [0.15, 0.2) is 43.0 Å². The molecule has 0 spiro atoms. The third-order valence-corrected chi connectivity index (χ3v) is 5.39. The van der Waals surface area contributed by atoms with Crippen molar-refractivity contribution in [2.45, 2.75) is 38.8 Å². The number of nitrogens with zero attached hydrogens (tertiary/aromatic N) is 6. The molecule has 0 N–H and O–H groups in total. The fraction of sp³-hybridized carbons (Fsp3) is 0.333. The van der Waals surface area contributed by atoms with E-state index in [-0.39, 0.29) is 11.9 Å². The standard InChI is InChI=1S/C21H21N6O2/c1-2-16-10-17-12-22-13-26(17)6-7-29-18-5-3-4-15(9-18)24-21-23-11-14-8-19(28)27(16)20(14)25-21/h3-5,9,11-13,16H,2,6-8,10H2,1H3/q-1. The molecule has 3 aromatic rings. The lowest BCUT2D eigenvalue weighted by Crippen LogP contribution is -2.39. The van der Waals surface area contributed by atoms with Gasteiger partial charge in [-0.1, -0.05) is 19.1 Å². The third kappa shape index (κ3) is 3.30. The summed E-state index contributed by atoms with van der Waals surface area (Å²) in [6, 6.07) is 7.54. The molecule has 0 saturated heterocycles. The van der Waals surface area contributed by atoms with Crippen LogP contribution in [0.2, 0.25) is 0 Å². The number of amides is 1. The van der Waals surface area contributed by atoms with E-state index in [1.54, 1.807) is 6.20 Å². The highest BCUT2D eigenvalue weighted by Crippen LogP contribution is 2.35. The van der Waals surface area contributed by atoms with E-state index in [1.165, 1.54) is 0 Å². The van der Waals surface area contributed by atoms with Crippen LogP contribution in [-0.2, 0) is 24.2 Å². The monoisotopic (exact) mass is 389 g/mol. The summed E-state index contributed by atoms with van der Waals surface area (Å²) < 4.78 is 8.00. The predicted molar refractivity (Wildman–Crippen MR) is 108 cm³/mol. The molecule has 8 nitrogen and oxygen atoms in total. The van der Waals surface area contributed by atoms with Gasteiger partial charge in [0, 0.05) is 30.3 Å². The van der Waals surface area contributed by atoms with Gasteiger partial charge in [-0.25, -0.2) is 4.98 Å². The van der Waals surface area contributed by atoms with E-state index in [0.717, 1.165) is 23.4 Å². The van der Waals surface area contributed by atoms with Crippen LogP contribution in [-0.4, -0.2) is 38.1 Å². The highest BCUT2D eigenvalue weighted by Gasteiger charge is 2.32. The summed E-state index contributed by atoms with van der Waals surface area (Å²) in [6.07, 6.45) is 7.23. The first-order valence-electron chi connectivity index (χ1n) is 9.83.